The van der Waals surface area contributed by atoms with E-state index in [2.05, 4.69) is 11.7 Å². The molecule has 0 saturated heterocycles. The highest BCUT2D eigenvalue weighted by atomic mass is 16.6. The molecule has 0 saturated carbocycles. The first-order chi connectivity index (χ1) is 7.22. The third-order valence-corrected chi connectivity index (χ3v) is 2.40. The number of rotatable bonds is 9. The van der Waals surface area contributed by atoms with Crippen molar-refractivity contribution in [3.63, 3.8) is 0 Å². The summed E-state index contributed by atoms with van der Waals surface area (Å²) in [4.78, 5) is 11.0. The van der Waals surface area contributed by atoms with Crippen molar-refractivity contribution in [1.29, 1.82) is 0 Å². The molecule has 0 bridgehead atoms. The summed E-state index contributed by atoms with van der Waals surface area (Å²) in [7, 11) is 1.38. The van der Waals surface area contributed by atoms with E-state index in [-0.39, 0.29) is 5.97 Å². The van der Waals surface area contributed by atoms with Crippen LogP contribution in [0, 0.1) is 0 Å². The molecule has 0 aromatic heterocycles. The maximum Gasteiger partial charge on any atom is 0.334 e. The Morgan fingerprint density at radius 1 is 1.13 bits per heavy atom. The van der Waals surface area contributed by atoms with E-state index in [4.69, 9.17) is 4.74 Å². The summed E-state index contributed by atoms with van der Waals surface area (Å²) in [5.74, 6) is -0.291. The van der Waals surface area contributed by atoms with Crippen LogP contribution in [0.5, 0.6) is 0 Å². The molecule has 0 aromatic rings. The Bertz CT molecular complexity index is 157. The van der Waals surface area contributed by atoms with Crippen molar-refractivity contribution in [3.8, 4) is 0 Å². The fourth-order valence-corrected chi connectivity index (χ4v) is 1.38. The first kappa shape index (κ1) is 14.4. The predicted molar refractivity (Wildman–Crippen MR) is 60.8 cm³/mol. The number of hydrogen-bond acceptors (Lipinski definition) is 3. The smallest absolute Gasteiger partial charge is 0.334 e. The minimum atomic E-state index is -0.425. The van der Waals surface area contributed by atoms with E-state index in [9.17, 15) is 4.79 Å². The molecule has 0 aliphatic carbocycles. The lowest BCUT2D eigenvalue weighted by Crippen LogP contribution is -2.22. The first-order valence-corrected chi connectivity index (χ1v) is 5.91. The van der Waals surface area contributed by atoms with Crippen LogP contribution in [0.4, 0.5) is 0 Å². The molecule has 0 unspecified atom stereocenters. The van der Waals surface area contributed by atoms with E-state index >= 15 is 0 Å². The maximum absolute atomic E-state index is 11.0. The zero-order valence-corrected chi connectivity index (χ0v) is 10.3. The molecular weight excluding hydrogens is 192 g/mol. The second-order valence-corrected chi connectivity index (χ2v) is 3.80. The van der Waals surface area contributed by atoms with Gasteiger partial charge in [-0.3, -0.25) is 0 Å². The minimum absolute atomic E-state index is 0.291. The Morgan fingerprint density at radius 3 is 2.33 bits per heavy atom. The number of esters is 1. The van der Waals surface area contributed by atoms with Gasteiger partial charge in [-0.1, -0.05) is 39.0 Å². The second-order valence-electron chi connectivity index (χ2n) is 3.80. The number of carbonyl (C=O) groups is 1. The normalized spacial score (nSPS) is 12.5. The number of methoxy groups -OCH3 is 1. The van der Waals surface area contributed by atoms with Gasteiger partial charge in [0.2, 0.25) is 0 Å². The van der Waals surface area contributed by atoms with Crippen LogP contribution in [0.2, 0.25) is 0 Å². The van der Waals surface area contributed by atoms with Gasteiger partial charge in [-0.05, 0) is 13.3 Å². The SMILES string of the molecule is CCCCCCCCO[C@H](C)C(=O)OC. The summed E-state index contributed by atoms with van der Waals surface area (Å²) in [5.41, 5.74) is 0. The molecule has 0 amide bonds. The summed E-state index contributed by atoms with van der Waals surface area (Å²) in [5, 5.41) is 0. The highest BCUT2D eigenvalue weighted by Crippen LogP contribution is 2.05. The number of carbonyl (C=O) groups excluding carboxylic acids is 1. The lowest BCUT2D eigenvalue weighted by atomic mass is 10.1. The molecule has 0 radical (unpaired) electrons. The zero-order chi connectivity index (χ0) is 11.5. The van der Waals surface area contributed by atoms with Gasteiger partial charge >= 0.3 is 5.97 Å². The Kier molecular flexibility index (Phi) is 9.59. The van der Waals surface area contributed by atoms with E-state index in [0.717, 1.165) is 6.42 Å². The quantitative estimate of drug-likeness (QED) is 0.439. The Labute approximate surface area is 93.1 Å². The molecule has 3 heteroatoms. The minimum Gasteiger partial charge on any atom is -0.467 e. The number of ether oxygens (including phenoxy) is 2. The maximum atomic E-state index is 11.0. The van der Waals surface area contributed by atoms with Crippen molar-refractivity contribution in [1.82, 2.24) is 0 Å². The van der Waals surface area contributed by atoms with Crippen molar-refractivity contribution in [2.45, 2.75) is 58.5 Å². The van der Waals surface area contributed by atoms with Crippen LogP contribution in [0.25, 0.3) is 0 Å². The highest BCUT2D eigenvalue weighted by molar-refractivity contribution is 5.73. The van der Waals surface area contributed by atoms with Crippen molar-refractivity contribution in [2.75, 3.05) is 13.7 Å². The summed E-state index contributed by atoms with van der Waals surface area (Å²) in [6.45, 7) is 4.59. The molecule has 15 heavy (non-hydrogen) atoms. The van der Waals surface area contributed by atoms with Gasteiger partial charge in [-0.2, -0.15) is 0 Å². The topological polar surface area (TPSA) is 35.5 Å². The van der Waals surface area contributed by atoms with E-state index in [1.807, 2.05) is 0 Å². The van der Waals surface area contributed by atoms with E-state index in [0.29, 0.717) is 6.61 Å². The van der Waals surface area contributed by atoms with Gasteiger partial charge in [-0.25, -0.2) is 4.79 Å². The van der Waals surface area contributed by atoms with Crippen LogP contribution in [0.3, 0.4) is 0 Å². The molecule has 0 heterocycles. The zero-order valence-electron chi connectivity index (χ0n) is 10.3. The van der Waals surface area contributed by atoms with Gasteiger partial charge in [0, 0.05) is 6.61 Å². The van der Waals surface area contributed by atoms with Crippen LogP contribution < -0.4 is 0 Å². The molecular formula is C12H24O3. The average molecular weight is 216 g/mol. The first-order valence-electron chi connectivity index (χ1n) is 5.91. The average Bonchev–Trinajstić information content (AvgIpc) is 2.26. The highest BCUT2D eigenvalue weighted by Gasteiger charge is 2.12. The molecule has 0 rings (SSSR count). The van der Waals surface area contributed by atoms with Crippen molar-refractivity contribution in [3.05, 3.63) is 0 Å². The van der Waals surface area contributed by atoms with E-state index < -0.39 is 6.10 Å². The van der Waals surface area contributed by atoms with Crippen LogP contribution in [0.1, 0.15) is 52.4 Å². The Hall–Kier alpha value is -0.570. The summed E-state index contributed by atoms with van der Waals surface area (Å²) >= 11 is 0. The molecule has 0 aliphatic rings. The lowest BCUT2D eigenvalue weighted by molar-refractivity contribution is -0.152. The van der Waals surface area contributed by atoms with Gasteiger partial charge in [0.05, 0.1) is 7.11 Å². The van der Waals surface area contributed by atoms with Gasteiger partial charge < -0.3 is 9.47 Å². The van der Waals surface area contributed by atoms with Gasteiger partial charge in [-0.15, -0.1) is 0 Å². The third kappa shape index (κ3) is 8.43. The van der Waals surface area contributed by atoms with Gasteiger partial charge in [0.1, 0.15) is 0 Å². The van der Waals surface area contributed by atoms with Crippen molar-refractivity contribution in [2.24, 2.45) is 0 Å². The number of hydrogen-bond donors (Lipinski definition) is 0. The van der Waals surface area contributed by atoms with Crippen LogP contribution >= 0.6 is 0 Å². The summed E-state index contributed by atoms with van der Waals surface area (Å²) < 4.78 is 9.88. The fraction of sp³-hybridized carbons (Fsp3) is 0.917. The van der Waals surface area contributed by atoms with Crippen molar-refractivity contribution >= 4 is 5.97 Å². The Morgan fingerprint density at radius 2 is 1.73 bits per heavy atom. The largest absolute Gasteiger partial charge is 0.467 e. The molecule has 1 atom stereocenters. The molecule has 0 aliphatic heterocycles. The van der Waals surface area contributed by atoms with Gasteiger partial charge in [0.25, 0.3) is 0 Å². The Balaban J connectivity index is 3.20. The van der Waals surface area contributed by atoms with Crippen molar-refractivity contribution < 1.29 is 14.3 Å². The van der Waals surface area contributed by atoms with Crippen LogP contribution in [-0.2, 0) is 14.3 Å². The standard InChI is InChI=1S/C12H24O3/c1-4-5-6-7-8-9-10-15-11(2)12(13)14-3/h11H,4-10H2,1-3H3/t11-/m1/s1. The molecule has 0 spiro atoms. The predicted octanol–water partition coefficient (Wildman–Crippen LogP) is 2.93. The van der Waals surface area contributed by atoms with E-state index in [1.54, 1.807) is 6.92 Å². The third-order valence-electron chi connectivity index (χ3n) is 2.40. The molecule has 0 N–H and O–H groups in total. The number of unbranched alkanes of at least 4 members (excludes halogenated alkanes) is 5. The molecule has 3 nitrogen and oxygen atoms in total. The molecule has 0 fully saturated rings. The van der Waals surface area contributed by atoms with Gasteiger partial charge in [0.15, 0.2) is 6.10 Å². The summed E-state index contributed by atoms with van der Waals surface area (Å²) in [6.07, 6.45) is 6.96. The second kappa shape index (κ2) is 9.97. The van der Waals surface area contributed by atoms with Crippen LogP contribution in [-0.4, -0.2) is 25.8 Å². The summed E-state index contributed by atoms with van der Waals surface area (Å²) in [6, 6.07) is 0. The van der Waals surface area contributed by atoms with Crippen LogP contribution in [0.15, 0.2) is 0 Å². The monoisotopic (exact) mass is 216 g/mol. The molecule has 90 valence electrons. The van der Waals surface area contributed by atoms with E-state index in [1.165, 1.54) is 39.2 Å². The lowest BCUT2D eigenvalue weighted by Gasteiger charge is -2.10. The molecule has 0 aromatic carbocycles. The fourth-order valence-electron chi connectivity index (χ4n) is 1.38.